The smallest absolute Gasteiger partial charge is 0.307 e. The monoisotopic (exact) mass is 291 g/mol. The summed E-state index contributed by atoms with van der Waals surface area (Å²) in [5, 5.41) is 3.45. The average Bonchev–Trinajstić information content (AvgIpc) is 2.47. The first kappa shape index (κ1) is 17.7. The number of carbonyl (C=O) groups is 1. The molecule has 1 aromatic carbocycles. The molecule has 1 N–H and O–H groups in total. The van der Waals surface area contributed by atoms with Crippen LogP contribution >= 0.6 is 0 Å². The molecule has 1 unspecified atom stereocenters. The lowest BCUT2D eigenvalue weighted by atomic mass is 10.0. The highest BCUT2D eigenvalue weighted by Crippen LogP contribution is 2.11. The second-order valence-corrected chi connectivity index (χ2v) is 5.43. The number of hydrogen-bond donors (Lipinski definition) is 1. The van der Waals surface area contributed by atoms with E-state index in [2.05, 4.69) is 43.4 Å². The number of ether oxygens (including phenoxy) is 1. The molecular formula is C18H29NO2. The van der Waals surface area contributed by atoms with E-state index in [1.54, 1.807) is 0 Å². The van der Waals surface area contributed by atoms with Crippen LogP contribution < -0.4 is 5.32 Å². The van der Waals surface area contributed by atoms with E-state index < -0.39 is 0 Å². The highest BCUT2D eigenvalue weighted by Gasteiger charge is 2.14. The number of rotatable bonds is 10. The number of nitrogens with one attached hydrogen (secondary N) is 1. The van der Waals surface area contributed by atoms with Crippen molar-refractivity contribution in [2.45, 2.75) is 58.9 Å². The molecule has 0 amide bonds. The van der Waals surface area contributed by atoms with Crippen molar-refractivity contribution in [1.82, 2.24) is 5.32 Å². The summed E-state index contributed by atoms with van der Waals surface area (Å²) in [5.74, 6) is -0.117. The van der Waals surface area contributed by atoms with Gasteiger partial charge < -0.3 is 10.1 Å². The molecule has 0 radical (unpaired) electrons. The molecule has 1 atom stereocenters. The molecule has 3 heteroatoms. The van der Waals surface area contributed by atoms with Crippen LogP contribution in [0.1, 0.15) is 51.2 Å². The summed E-state index contributed by atoms with van der Waals surface area (Å²) in [6, 6.07) is 8.90. The molecule has 0 aliphatic carbocycles. The molecular weight excluding hydrogens is 262 g/mol. The zero-order chi connectivity index (χ0) is 15.5. The van der Waals surface area contributed by atoms with Gasteiger partial charge in [-0.05, 0) is 43.9 Å². The molecule has 0 aliphatic heterocycles. The predicted molar refractivity (Wildman–Crippen MR) is 87.5 cm³/mol. The highest BCUT2D eigenvalue weighted by atomic mass is 16.5. The largest absolute Gasteiger partial charge is 0.466 e. The molecule has 0 aromatic heterocycles. The van der Waals surface area contributed by atoms with Crippen molar-refractivity contribution >= 4 is 5.97 Å². The first-order valence-corrected chi connectivity index (χ1v) is 8.16. The van der Waals surface area contributed by atoms with Gasteiger partial charge in [0.05, 0.1) is 13.0 Å². The summed E-state index contributed by atoms with van der Waals surface area (Å²) >= 11 is 0. The van der Waals surface area contributed by atoms with Crippen molar-refractivity contribution in [3.8, 4) is 0 Å². The number of aryl methyl sites for hydroxylation is 1. The van der Waals surface area contributed by atoms with Gasteiger partial charge in [-0.2, -0.15) is 0 Å². The van der Waals surface area contributed by atoms with Crippen molar-refractivity contribution in [2.24, 2.45) is 0 Å². The van der Waals surface area contributed by atoms with E-state index >= 15 is 0 Å². The van der Waals surface area contributed by atoms with Crippen molar-refractivity contribution in [3.05, 3.63) is 35.4 Å². The van der Waals surface area contributed by atoms with Crippen LogP contribution in [0, 0.1) is 0 Å². The van der Waals surface area contributed by atoms with E-state index in [1.807, 2.05) is 6.92 Å². The van der Waals surface area contributed by atoms with E-state index in [0.29, 0.717) is 13.0 Å². The van der Waals surface area contributed by atoms with Crippen LogP contribution in [-0.2, 0) is 22.4 Å². The molecule has 0 aliphatic rings. The molecule has 0 saturated heterocycles. The van der Waals surface area contributed by atoms with Gasteiger partial charge in [-0.25, -0.2) is 0 Å². The maximum Gasteiger partial charge on any atom is 0.307 e. The van der Waals surface area contributed by atoms with Gasteiger partial charge in [0.25, 0.3) is 0 Å². The van der Waals surface area contributed by atoms with Gasteiger partial charge in [-0.1, -0.05) is 44.5 Å². The Morgan fingerprint density at radius 2 is 1.76 bits per heavy atom. The van der Waals surface area contributed by atoms with Crippen LogP contribution in [0.3, 0.4) is 0 Å². The number of esters is 1. The molecule has 3 nitrogen and oxygen atoms in total. The van der Waals surface area contributed by atoms with Gasteiger partial charge in [0.2, 0.25) is 0 Å². The summed E-state index contributed by atoms with van der Waals surface area (Å²) < 4.78 is 5.06. The standard InChI is InChI=1S/C18H29NO2/c1-4-7-15-8-10-16(11-9-15)13-17(19-12-5-2)14-18(20)21-6-3/h8-11,17,19H,4-7,12-14H2,1-3H3. The highest BCUT2D eigenvalue weighted by molar-refractivity contribution is 5.70. The Morgan fingerprint density at radius 1 is 1.10 bits per heavy atom. The van der Waals surface area contributed by atoms with E-state index in [-0.39, 0.29) is 12.0 Å². The molecule has 118 valence electrons. The van der Waals surface area contributed by atoms with Crippen LogP contribution in [0.25, 0.3) is 0 Å². The topological polar surface area (TPSA) is 38.3 Å². The predicted octanol–water partition coefficient (Wildman–Crippen LogP) is 3.50. The Morgan fingerprint density at radius 3 is 2.33 bits per heavy atom. The summed E-state index contributed by atoms with van der Waals surface area (Å²) in [7, 11) is 0. The first-order chi connectivity index (χ1) is 10.2. The molecule has 0 bridgehead atoms. The Labute approximate surface area is 129 Å². The van der Waals surface area contributed by atoms with Crippen molar-refractivity contribution in [3.63, 3.8) is 0 Å². The third-order valence-corrected chi connectivity index (χ3v) is 3.45. The van der Waals surface area contributed by atoms with Crippen LogP contribution in [-0.4, -0.2) is 25.2 Å². The van der Waals surface area contributed by atoms with E-state index in [1.165, 1.54) is 17.5 Å². The fourth-order valence-electron chi connectivity index (χ4n) is 2.40. The maximum absolute atomic E-state index is 11.7. The minimum Gasteiger partial charge on any atom is -0.466 e. The van der Waals surface area contributed by atoms with Crippen molar-refractivity contribution < 1.29 is 9.53 Å². The number of carbonyl (C=O) groups excluding carboxylic acids is 1. The molecule has 0 saturated carbocycles. The minimum absolute atomic E-state index is 0.117. The van der Waals surface area contributed by atoms with Crippen molar-refractivity contribution in [2.75, 3.05) is 13.2 Å². The Kier molecular flexibility index (Phi) is 8.76. The van der Waals surface area contributed by atoms with E-state index in [4.69, 9.17) is 4.74 Å². The van der Waals surface area contributed by atoms with Crippen LogP contribution in [0.15, 0.2) is 24.3 Å². The number of hydrogen-bond acceptors (Lipinski definition) is 3. The number of benzene rings is 1. The minimum atomic E-state index is -0.117. The molecule has 0 fully saturated rings. The molecule has 1 aromatic rings. The fourth-order valence-corrected chi connectivity index (χ4v) is 2.40. The second-order valence-electron chi connectivity index (χ2n) is 5.43. The lowest BCUT2D eigenvalue weighted by Crippen LogP contribution is -2.34. The lowest BCUT2D eigenvalue weighted by Gasteiger charge is -2.18. The van der Waals surface area contributed by atoms with Gasteiger partial charge in [0.1, 0.15) is 0 Å². The third kappa shape index (κ3) is 7.28. The van der Waals surface area contributed by atoms with E-state index in [0.717, 1.165) is 25.8 Å². The quantitative estimate of drug-likeness (QED) is 0.670. The van der Waals surface area contributed by atoms with Gasteiger partial charge in [0.15, 0.2) is 0 Å². The zero-order valence-electron chi connectivity index (χ0n) is 13.7. The Balaban J connectivity index is 2.59. The summed E-state index contributed by atoms with van der Waals surface area (Å²) in [6.07, 6.45) is 4.66. The van der Waals surface area contributed by atoms with Gasteiger partial charge in [-0.3, -0.25) is 4.79 Å². The normalized spacial score (nSPS) is 12.1. The SMILES string of the molecule is CCCNC(CC(=O)OCC)Cc1ccc(CCC)cc1. The van der Waals surface area contributed by atoms with Crippen LogP contribution in [0.5, 0.6) is 0 Å². The van der Waals surface area contributed by atoms with Gasteiger partial charge >= 0.3 is 5.97 Å². The average molecular weight is 291 g/mol. The van der Waals surface area contributed by atoms with E-state index in [9.17, 15) is 4.79 Å². The lowest BCUT2D eigenvalue weighted by molar-refractivity contribution is -0.143. The van der Waals surface area contributed by atoms with Crippen molar-refractivity contribution in [1.29, 1.82) is 0 Å². The fraction of sp³-hybridized carbons (Fsp3) is 0.611. The Bertz CT molecular complexity index is 400. The molecule has 1 rings (SSSR count). The first-order valence-electron chi connectivity index (χ1n) is 8.16. The molecule has 21 heavy (non-hydrogen) atoms. The zero-order valence-corrected chi connectivity index (χ0v) is 13.7. The summed E-state index contributed by atoms with van der Waals surface area (Å²) in [4.78, 5) is 11.7. The molecule has 0 spiro atoms. The maximum atomic E-state index is 11.7. The summed E-state index contributed by atoms with van der Waals surface area (Å²) in [5.41, 5.74) is 2.65. The second kappa shape index (κ2) is 10.4. The van der Waals surface area contributed by atoms with Crippen LogP contribution in [0.4, 0.5) is 0 Å². The third-order valence-electron chi connectivity index (χ3n) is 3.45. The van der Waals surface area contributed by atoms with Crippen LogP contribution in [0.2, 0.25) is 0 Å². The summed E-state index contributed by atoms with van der Waals surface area (Å²) in [6.45, 7) is 7.55. The van der Waals surface area contributed by atoms with Gasteiger partial charge in [0, 0.05) is 6.04 Å². The Hall–Kier alpha value is -1.35. The van der Waals surface area contributed by atoms with Gasteiger partial charge in [-0.15, -0.1) is 0 Å². The molecule has 0 heterocycles.